The number of halogens is 3. The van der Waals surface area contributed by atoms with Crippen molar-refractivity contribution in [2.24, 2.45) is 0 Å². The highest BCUT2D eigenvalue weighted by atomic mass is 127. The molecule has 0 aliphatic carbocycles. The van der Waals surface area contributed by atoms with Gasteiger partial charge in [-0.3, -0.25) is 0 Å². The molecular weight excluding hydrogens is 491 g/mol. The number of morpholine rings is 1. The molecule has 0 aromatic heterocycles. The molecule has 0 bridgehead atoms. The van der Waals surface area contributed by atoms with Gasteiger partial charge < -0.3 is 4.74 Å². The van der Waals surface area contributed by atoms with Crippen LogP contribution in [0.1, 0.15) is 0 Å². The predicted octanol–water partition coefficient (Wildman–Crippen LogP) is 3.09. The molecule has 1 aliphatic rings. The minimum atomic E-state index is -0.563. The molecule has 0 amide bonds. The highest BCUT2D eigenvalue weighted by Gasteiger charge is 2.23. The van der Waals surface area contributed by atoms with Gasteiger partial charge in [0.25, 0.3) is 0 Å². The maximum atomic E-state index is 5.26. The van der Waals surface area contributed by atoms with Gasteiger partial charge in [-0.25, -0.2) is 4.31 Å². The molecule has 1 fully saturated rings. The van der Waals surface area contributed by atoms with Crippen LogP contribution in [0.5, 0.6) is 0 Å². The zero-order chi connectivity index (χ0) is 7.61. The second-order valence-electron chi connectivity index (χ2n) is 1.92. The number of rotatable bonds is 1. The first-order chi connectivity index (χ1) is 4.61. The fourth-order valence-corrected chi connectivity index (χ4v) is 4.86. The first-order valence-corrected chi connectivity index (χ1v) is 12.1. The van der Waals surface area contributed by atoms with Gasteiger partial charge in [0.1, 0.15) is 0 Å². The molecule has 1 heterocycles. The SMILES string of the molecule is IS(I)(I)N1CCOCC1. The summed E-state index contributed by atoms with van der Waals surface area (Å²) in [5.41, 5.74) is 0. The van der Waals surface area contributed by atoms with E-state index in [1.807, 2.05) is 0 Å². The lowest BCUT2D eigenvalue weighted by atomic mass is 10.5. The van der Waals surface area contributed by atoms with E-state index in [4.69, 9.17) is 4.74 Å². The van der Waals surface area contributed by atoms with Crippen molar-refractivity contribution in [2.75, 3.05) is 26.3 Å². The Hall–Kier alpha value is 2.46. The molecule has 0 aromatic carbocycles. The zero-order valence-electron chi connectivity index (χ0n) is 5.23. The van der Waals surface area contributed by atoms with Crippen LogP contribution < -0.4 is 0 Å². The molecule has 0 spiro atoms. The van der Waals surface area contributed by atoms with Crippen molar-refractivity contribution >= 4 is 65.3 Å². The molecule has 2 nitrogen and oxygen atoms in total. The molecule has 0 atom stereocenters. The average molecular weight is 499 g/mol. The van der Waals surface area contributed by atoms with Crippen LogP contribution in [-0.2, 0) is 4.74 Å². The molecule has 10 heavy (non-hydrogen) atoms. The smallest absolute Gasteiger partial charge is 0.0603 e. The van der Waals surface area contributed by atoms with E-state index in [1.165, 1.54) is 0 Å². The average Bonchev–Trinajstić information content (AvgIpc) is 1.88. The number of hydrogen-bond acceptors (Lipinski definition) is 2. The van der Waals surface area contributed by atoms with E-state index in [0.717, 1.165) is 26.3 Å². The van der Waals surface area contributed by atoms with E-state index in [2.05, 4.69) is 67.9 Å². The van der Waals surface area contributed by atoms with Crippen LogP contribution in [-0.4, -0.2) is 30.6 Å². The first-order valence-electron chi connectivity index (χ1n) is 2.86. The summed E-state index contributed by atoms with van der Waals surface area (Å²) in [6, 6.07) is 0. The van der Waals surface area contributed by atoms with Gasteiger partial charge in [0.2, 0.25) is 0 Å². The Balaban J connectivity index is 2.39. The van der Waals surface area contributed by atoms with Crippen molar-refractivity contribution < 1.29 is 4.74 Å². The Bertz CT molecular complexity index is 112. The van der Waals surface area contributed by atoms with Gasteiger partial charge in [-0.15, -0.1) is 0 Å². The van der Waals surface area contributed by atoms with Crippen LogP contribution in [0.25, 0.3) is 0 Å². The van der Waals surface area contributed by atoms with E-state index in [0.29, 0.717) is 0 Å². The summed E-state index contributed by atoms with van der Waals surface area (Å²) < 4.78 is 7.19. The molecule has 1 rings (SSSR count). The summed E-state index contributed by atoms with van der Waals surface area (Å²) in [4.78, 5) is 0. The molecule has 62 valence electrons. The van der Waals surface area contributed by atoms with E-state index >= 15 is 0 Å². The Kier molecular flexibility index (Phi) is 4.88. The van der Waals surface area contributed by atoms with Gasteiger partial charge in [-0.2, -0.15) is 0 Å². The molecule has 1 saturated heterocycles. The largest absolute Gasteiger partial charge is 0.379 e. The van der Waals surface area contributed by atoms with Crippen molar-refractivity contribution in [2.45, 2.75) is 0 Å². The van der Waals surface area contributed by atoms with Gasteiger partial charge >= 0.3 is 0 Å². The Labute approximate surface area is 99.0 Å². The molecule has 0 saturated carbocycles. The topological polar surface area (TPSA) is 12.5 Å². The predicted molar refractivity (Wildman–Crippen MR) is 72.0 cm³/mol. The lowest BCUT2D eigenvalue weighted by Gasteiger charge is -2.36. The summed E-state index contributed by atoms with van der Waals surface area (Å²) in [5, 5.41) is 0. The number of ether oxygens (including phenoxy) is 1. The Morgan fingerprint density at radius 2 is 1.60 bits per heavy atom. The summed E-state index contributed by atoms with van der Waals surface area (Å²) in [5.74, 6) is 0. The first kappa shape index (κ1) is 10.5. The van der Waals surface area contributed by atoms with Gasteiger partial charge in [-0.1, -0.05) is 0 Å². The van der Waals surface area contributed by atoms with E-state index < -0.39 is 1.73 Å². The summed E-state index contributed by atoms with van der Waals surface area (Å²) >= 11 is 7.57. The molecule has 1 aliphatic heterocycles. The third-order valence-corrected chi connectivity index (χ3v) is 7.23. The summed E-state index contributed by atoms with van der Waals surface area (Å²) in [7, 11) is 0. The highest BCUT2D eigenvalue weighted by molar-refractivity contribution is 14.5. The minimum Gasteiger partial charge on any atom is -0.379 e. The molecule has 0 unspecified atom stereocenters. The maximum absolute atomic E-state index is 5.26. The quantitative estimate of drug-likeness (QED) is 0.515. The monoisotopic (exact) mass is 499 g/mol. The van der Waals surface area contributed by atoms with Crippen LogP contribution in [0.2, 0.25) is 0 Å². The van der Waals surface area contributed by atoms with Gasteiger partial charge in [0.05, 0.1) is 13.2 Å². The molecule has 0 aromatic rings. The summed E-state index contributed by atoms with van der Waals surface area (Å²) in [6.45, 7) is 4.02. The maximum Gasteiger partial charge on any atom is 0.0603 e. The molecule has 0 N–H and O–H groups in total. The fourth-order valence-electron chi connectivity index (χ4n) is 0.754. The van der Waals surface area contributed by atoms with Crippen LogP contribution in [0.15, 0.2) is 0 Å². The second-order valence-corrected chi connectivity index (χ2v) is 29.8. The van der Waals surface area contributed by atoms with Crippen LogP contribution in [0.4, 0.5) is 0 Å². The van der Waals surface area contributed by atoms with Gasteiger partial charge in [0, 0.05) is 76.7 Å². The van der Waals surface area contributed by atoms with Crippen LogP contribution in [0, 0.1) is 0 Å². The molecular formula is C4H8I3NOS. The van der Waals surface area contributed by atoms with Crippen molar-refractivity contribution in [3.63, 3.8) is 0 Å². The third-order valence-electron chi connectivity index (χ3n) is 1.26. The highest BCUT2D eigenvalue weighted by Crippen LogP contribution is 2.73. The Morgan fingerprint density at radius 1 is 1.10 bits per heavy atom. The fraction of sp³-hybridized carbons (Fsp3) is 1.00. The number of hydrogen-bond donors (Lipinski definition) is 0. The normalized spacial score (nSPS) is 24.7. The van der Waals surface area contributed by atoms with E-state index in [-0.39, 0.29) is 0 Å². The van der Waals surface area contributed by atoms with Crippen molar-refractivity contribution in [1.82, 2.24) is 4.31 Å². The lowest BCUT2D eigenvalue weighted by Crippen LogP contribution is -2.33. The van der Waals surface area contributed by atoms with E-state index in [1.54, 1.807) is 0 Å². The third kappa shape index (κ3) is 3.46. The zero-order valence-corrected chi connectivity index (χ0v) is 12.5. The van der Waals surface area contributed by atoms with Gasteiger partial charge in [-0.05, 0) is 1.73 Å². The number of nitrogens with zero attached hydrogens (tertiary/aromatic N) is 1. The van der Waals surface area contributed by atoms with Crippen molar-refractivity contribution in [1.29, 1.82) is 0 Å². The summed E-state index contributed by atoms with van der Waals surface area (Å²) in [6.07, 6.45) is 0. The lowest BCUT2D eigenvalue weighted by molar-refractivity contribution is 0.0778. The van der Waals surface area contributed by atoms with Crippen LogP contribution >= 0.6 is 65.3 Å². The standard InChI is InChI=1S/C4H8I3NOS/c5-10(6,7)8-1-3-9-4-2-8/h1-4H2. The van der Waals surface area contributed by atoms with Gasteiger partial charge in [0.15, 0.2) is 0 Å². The second kappa shape index (κ2) is 4.63. The molecule has 6 heteroatoms. The molecule has 0 radical (unpaired) electrons. The Morgan fingerprint density at radius 3 is 1.90 bits per heavy atom. The minimum absolute atomic E-state index is 0.563. The van der Waals surface area contributed by atoms with E-state index in [9.17, 15) is 0 Å². The van der Waals surface area contributed by atoms with Crippen molar-refractivity contribution in [3.05, 3.63) is 0 Å². The van der Waals surface area contributed by atoms with Crippen LogP contribution in [0.3, 0.4) is 0 Å². The van der Waals surface area contributed by atoms with Crippen molar-refractivity contribution in [3.8, 4) is 0 Å².